The molecule has 0 spiro atoms. The van der Waals surface area contributed by atoms with E-state index in [0.717, 1.165) is 12.8 Å². The third-order valence-electron chi connectivity index (χ3n) is 2.99. The second-order valence-corrected chi connectivity index (χ2v) is 6.27. The topological polar surface area (TPSA) is 93.5 Å². The summed E-state index contributed by atoms with van der Waals surface area (Å²) in [6.45, 7) is 1.55. The molecule has 1 unspecified atom stereocenters. The van der Waals surface area contributed by atoms with E-state index in [9.17, 15) is 8.42 Å². The summed E-state index contributed by atoms with van der Waals surface area (Å²) in [6, 6.07) is 0. The number of nitrogens with zero attached hydrogens (tertiary/aromatic N) is 2. The van der Waals surface area contributed by atoms with Crippen LogP contribution in [0.2, 0.25) is 0 Å². The Morgan fingerprint density at radius 2 is 2.42 bits per heavy atom. The second-order valence-electron chi connectivity index (χ2n) is 4.50. The Bertz CT molecular complexity index is 494. The van der Waals surface area contributed by atoms with Gasteiger partial charge in [0.1, 0.15) is 4.90 Å². The summed E-state index contributed by atoms with van der Waals surface area (Å²) in [5, 5.41) is 12.7. The standard InChI is InChI=1S/C11H19N3O4S/c15-5-2-4-14-9-11(8-12-14)19(16,17)13-7-10-3-1-6-18-10/h8-10,13,15H,1-7H2. The van der Waals surface area contributed by atoms with Gasteiger partial charge in [-0.3, -0.25) is 4.68 Å². The minimum absolute atomic E-state index is 0.0285. The van der Waals surface area contributed by atoms with Gasteiger partial charge in [0.2, 0.25) is 10.0 Å². The highest BCUT2D eigenvalue weighted by atomic mass is 32.2. The maximum atomic E-state index is 12.0. The number of hydrogen-bond acceptors (Lipinski definition) is 5. The Balaban J connectivity index is 1.92. The fourth-order valence-electron chi connectivity index (χ4n) is 1.93. The number of aromatic nitrogens is 2. The van der Waals surface area contributed by atoms with Gasteiger partial charge < -0.3 is 9.84 Å². The number of aryl methyl sites for hydroxylation is 1. The molecule has 108 valence electrons. The van der Waals surface area contributed by atoms with Crippen LogP contribution < -0.4 is 4.72 Å². The molecule has 2 heterocycles. The maximum absolute atomic E-state index is 12.0. The molecule has 1 atom stereocenters. The molecule has 0 saturated carbocycles. The number of aliphatic hydroxyl groups excluding tert-OH is 1. The van der Waals surface area contributed by atoms with Crippen LogP contribution in [0, 0.1) is 0 Å². The van der Waals surface area contributed by atoms with Crippen LogP contribution >= 0.6 is 0 Å². The summed E-state index contributed by atoms with van der Waals surface area (Å²) >= 11 is 0. The van der Waals surface area contributed by atoms with Crippen LogP contribution in [-0.2, 0) is 21.3 Å². The molecular formula is C11H19N3O4S. The van der Waals surface area contributed by atoms with Crippen molar-refractivity contribution in [3.63, 3.8) is 0 Å². The van der Waals surface area contributed by atoms with E-state index in [4.69, 9.17) is 9.84 Å². The summed E-state index contributed by atoms with van der Waals surface area (Å²) in [5.41, 5.74) is 0. The molecule has 7 nitrogen and oxygen atoms in total. The molecule has 0 bridgehead atoms. The predicted octanol–water partition coefficient (Wildman–Crippen LogP) is -0.277. The molecule has 0 aliphatic carbocycles. The first kappa shape index (κ1) is 14.4. The molecule has 1 fully saturated rings. The highest BCUT2D eigenvalue weighted by molar-refractivity contribution is 7.89. The Labute approximate surface area is 112 Å². The maximum Gasteiger partial charge on any atom is 0.243 e. The fourth-order valence-corrected chi connectivity index (χ4v) is 2.95. The lowest BCUT2D eigenvalue weighted by Gasteiger charge is -2.10. The van der Waals surface area contributed by atoms with Crippen molar-refractivity contribution in [1.29, 1.82) is 0 Å². The van der Waals surface area contributed by atoms with Gasteiger partial charge in [-0.15, -0.1) is 0 Å². The van der Waals surface area contributed by atoms with Crippen LogP contribution in [0.5, 0.6) is 0 Å². The first-order valence-electron chi connectivity index (χ1n) is 6.36. The zero-order chi connectivity index (χ0) is 13.7. The van der Waals surface area contributed by atoms with Crippen LogP contribution in [0.15, 0.2) is 17.3 Å². The Hall–Kier alpha value is -0.960. The van der Waals surface area contributed by atoms with E-state index in [0.29, 0.717) is 26.1 Å². The normalized spacial score (nSPS) is 19.9. The van der Waals surface area contributed by atoms with Crippen LogP contribution in [0.1, 0.15) is 19.3 Å². The van der Waals surface area contributed by atoms with Gasteiger partial charge in [-0.2, -0.15) is 5.10 Å². The van der Waals surface area contributed by atoms with Crippen molar-refractivity contribution in [2.75, 3.05) is 19.8 Å². The quantitative estimate of drug-likeness (QED) is 0.720. The van der Waals surface area contributed by atoms with E-state index in [1.54, 1.807) is 0 Å². The fraction of sp³-hybridized carbons (Fsp3) is 0.727. The number of ether oxygens (including phenoxy) is 1. The number of nitrogens with one attached hydrogen (secondary N) is 1. The monoisotopic (exact) mass is 289 g/mol. The molecular weight excluding hydrogens is 270 g/mol. The third kappa shape index (κ3) is 4.00. The van der Waals surface area contributed by atoms with Crippen LogP contribution in [0.3, 0.4) is 0 Å². The average Bonchev–Trinajstić information content (AvgIpc) is 3.05. The Morgan fingerprint density at radius 1 is 1.58 bits per heavy atom. The van der Waals surface area contributed by atoms with Crippen molar-refractivity contribution in [2.24, 2.45) is 0 Å². The largest absolute Gasteiger partial charge is 0.396 e. The lowest BCUT2D eigenvalue weighted by atomic mass is 10.2. The van der Waals surface area contributed by atoms with Gasteiger partial charge in [0, 0.05) is 32.5 Å². The summed E-state index contributed by atoms with van der Waals surface area (Å²) < 4.78 is 33.4. The lowest BCUT2D eigenvalue weighted by molar-refractivity contribution is 0.114. The molecule has 1 aromatic rings. The highest BCUT2D eigenvalue weighted by Gasteiger charge is 2.21. The van der Waals surface area contributed by atoms with Crippen molar-refractivity contribution >= 4 is 10.0 Å². The lowest BCUT2D eigenvalue weighted by Crippen LogP contribution is -2.31. The van der Waals surface area contributed by atoms with Crippen LogP contribution in [0.25, 0.3) is 0 Å². The van der Waals surface area contributed by atoms with E-state index in [2.05, 4.69) is 9.82 Å². The van der Waals surface area contributed by atoms with Gasteiger partial charge in [0.05, 0.1) is 12.3 Å². The molecule has 1 aliphatic rings. The van der Waals surface area contributed by atoms with Gasteiger partial charge in [-0.25, -0.2) is 13.1 Å². The van der Waals surface area contributed by atoms with Gasteiger partial charge in [0.15, 0.2) is 0 Å². The minimum Gasteiger partial charge on any atom is -0.396 e. The molecule has 1 aromatic heterocycles. The molecule has 2 N–H and O–H groups in total. The number of rotatable bonds is 7. The van der Waals surface area contributed by atoms with Crippen molar-refractivity contribution in [2.45, 2.75) is 36.8 Å². The average molecular weight is 289 g/mol. The van der Waals surface area contributed by atoms with Crippen molar-refractivity contribution in [3.8, 4) is 0 Å². The molecule has 2 rings (SSSR count). The number of sulfonamides is 1. The molecule has 1 saturated heterocycles. The van der Waals surface area contributed by atoms with Crippen molar-refractivity contribution in [3.05, 3.63) is 12.4 Å². The number of hydrogen-bond donors (Lipinski definition) is 2. The molecule has 8 heteroatoms. The van der Waals surface area contributed by atoms with Crippen LogP contribution in [-0.4, -0.2) is 49.2 Å². The summed E-state index contributed by atoms with van der Waals surface area (Å²) in [6.07, 6.45) is 5.16. The Morgan fingerprint density at radius 3 is 3.11 bits per heavy atom. The minimum atomic E-state index is -3.53. The highest BCUT2D eigenvalue weighted by Crippen LogP contribution is 2.13. The predicted molar refractivity (Wildman–Crippen MR) is 68.1 cm³/mol. The van der Waals surface area contributed by atoms with E-state index in [-0.39, 0.29) is 17.6 Å². The van der Waals surface area contributed by atoms with Gasteiger partial charge in [0.25, 0.3) is 0 Å². The van der Waals surface area contributed by atoms with E-state index in [1.807, 2.05) is 0 Å². The Kier molecular flexibility index (Phi) is 4.92. The summed E-state index contributed by atoms with van der Waals surface area (Å²) in [7, 11) is -3.53. The zero-order valence-electron chi connectivity index (χ0n) is 10.7. The smallest absolute Gasteiger partial charge is 0.243 e. The first-order valence-corrected chi connectivity index (χ1v) is 7.85. The first-order chi connectivity index (χ1) is 9.12. The molecule has 1 aliphatic heterocycles. The van der Waals surface area contributed by atoms with Crippen LogP contribution in [0.4, 0.5) is 0 Å². The van der Waals surface area contributed by atoms with Crippen molar-refractivity contribution in [1.82, 2.24) is 14.5 Å². The third-order valence-corrected chi connectivity index (χ3v) is 4.37. The summed E-state index contributed by atoms with van der Waals surface area (Å²) in [5.74, 6) is 0. The molecule has 19 heavy (non-hydrogen) atoms. The summed E-state index contributed by atoms with van der Waals surface area (Å²) in [4.78, 5) is 0.142. The van der Waals surface area contributed by atoms with E-state index >= 15 is 0 Å². The van der Waals surface area contributed by atoms with Crippen molar-refractivity contribution < 1.29 is 18.3 Å². The molecule has 0 radical (unpaired) electrons. The van der Waals surface area contributed by atoms with Gasteiger partial charge in [-0.05, 0) is 19.3 Å². The van der Waals surface area contributed by atoms with E-state index in [1.165, 1.54) is 17.1 Å². The van der Waals surface area contributed by atoms with Gasteiger partial charge >= 0.3 is 0 Å². The zero-order valence-corrected chi connectivity index (χ0v) is 11.5. The molecule has 0 amide bonds. The van der Waals surface area contributed by atoms with Gasteiger partial charge in [-0.1, -0.05) is 0 Å². The van der Waals surface area contributed by atoms with E-state index < -0.39 is 10.0 Å². The SMILES string of the molecule is O=S(=O)(NCC1CCCO1)c1cnn(CCCO)c1. The molecule has 0 aromatic carbocycles. The second kappa shape index (κ2) is 6.47. The number of aliphatic hydroxyl groups is 1.